The second-order valence-electron chi connectivity index (χ2n) is 6.39. The minimum Gasteiger partial charge on any atom is -0.478 e. The van der Waals surface area contributed by atoms with Gasteiger partial charge in [0, 0.05) is 36.4 Å². The first-order valence-corrected chi connectivity index (χ1v) is 8.31. The maximum atomic E-state index is 11.7. The third-order valence-corrected chi connectivity index (χ3v) is 3.90. The smallest absolute Gasteiger partial charge is 0.390 e. The molecule has 0 spiro atoms. The van der Waals surface area contributed by atoms with Crippen LogP contribution in [0.3, 0.4) is 0 Å². The van der Waals surface area contributed by atoms with Crippen LogP contribution in [-0.4, -0.2) is 47.3 Å². The molecule has 0 amide bonds. The Balaban J connectivity index is 2.09. The third-order valence-electron chi connectivity index (χ3n) is 3.90. The van der Waals surface area contributed by atoms with Crippen LogP contribution in [0.5, 0.6) is 0 Å². The molecule has 0 fully saturated rings. The zero-order valence-corrected chi connectivity index (χ0v) is 14.9. The molecule has 2 aromatic rings. The molecule has 0 bridgehead atoms. The number of quaternary nitrogens is 1. The number of rotatable bonds is 8. The SMILES string of the molecule is C[N+](C)(CCC(c1ccccc1)c1ccccn1)OC(=O)C=CC(=O)O. The van der Waals surface area contributed by atoms with Gasteiger partial charge in [-0.05, 0) is 17.7 Å². The molecule has 1 aromatic carbocycles. The normalized spacial score (nSPS) is 12.7. The van der Waals surface area contributed by atoms with Crippen LogP contribution in [-0.2, 0) is 14.4 Å². The van der Waals surface area contributed by atoms with Crippen molar-refractivity contribution in [3.8, 4) is 0 Å². The van der Waals surface area contributed by atoms with Crippen molar-refractivity contribution in [2.45, 2.75) is 12.3 Å². The van der Waals surface area contributed by atoms with E-state index in [9.17, 15) is 9.59 Å². The van der Waals surface area contributed by atoms with Gasteiger partial charge in [0.05, 0.1) is 0 Å². The first-order valence-electron chi connectivity index (χ1n) is 8.31. The molecule has 6 nitrogen and oxygen atoms in total. The molecule has 1 aromatic heterocycles. The van der Waals surface area contributed by atoms with Crippen molar-refractivity contribution in [2.75, 3.05) is 20.6 Å². The number of hydrogen-bond acceptors (Lipinski definition) is 4. The lowest BCUT2D eigenvalue weighted by Gasteiger charge is -2.27. The fourth-order valence-corrected chi connectivity index (χ4v) is 2.65. The number of aliphatic carboxylic acids is 1. The van der Waals surface area contributed by atoms with E-state index in [2.05, 4.69) is 17.1 Å². The Kier molecular flexibility index (Phi) is 6.63. The van der Waals surface area contributed by atoms with Gasteiger partial charge in [-0.1, -0.05) is 36.4 Å². The van der Waals surface area contributed by atoms with Gasteiger partial charge >= 0.3 is 11.9 Å². The Morgan fingerprint density at radius 3 is 2.42 bits per heavy atom. The summed E-state index contributed by atoms with van der Waals surface area (Å²) in [5.41, 5.74) is 2.10. The van der Waals surface area contributed by atoms with Crippen molar-refractivity contribution in [3.63, 3.8) is 0 Å². The van der Waals surface area contributed by atoms with E-state index in [0.29, 0.717) is 13.0 Å². The molecule has 6 heteroatoms. The van der Waals surface area contributed by atoms with E-state index >= 15 is 0 Å². The topological polar surface area (TPSA) is 76.5 Å². The fourth-order valence-electron chi connectivity index (χ4n) is 2.65. The van der Waals surface area contributed by atoms with Crippen LogP contribution in [0.4, 0.5) is 0 Å². The van der Waals surface area contributed by atoms with Crippen LogP contribution in [0.1, 0.15) is 23.6 Å². The third kappa shape index (κ3) is 6.14. The fraction of sp³-hybridized carbons (Fsp3) is 0.250. The zero-order chi connectivity index (χ0) is 19.0. The molecule has 1 unspecified atom stereocenters. The Morgan fingerprint density at radius 2 is 1.81 bits per heavy atom. The number of nitrogens with zero attached hydrogens (tertiary/aromatic N) is 2. The van der Waals surface area contributed by atoms with E-state index in [-0.39, 0.29) is 10.6 Å². The minimum atomic E-state index is -1.19. The van der Waals surface area contributed by atoms with Gasteiger partial charge < -0.3 is 5.11 Å². The number of carbonyl (C=O) groups excluding carboxylic acids is 1. The molecule has 1 N–H and O–H groups in total. The maximum absolute atomic E-state index is 11.7. The molecule has 0 aliphatic heterocycles. The van der Waals surface area contributed by atoms with Crippen molar-refractivity contribution < 1.29 is 24.2 Å². The van der Waals surface area contributed by atoms with Crippen LogP contribution in [0, 0.1) is 0 Å². The standard InChI is InChI=1S/C20H22N2O4/c1-22(2,26-20(25)12-11-19(23)24)15-13-17(16-8-4-3-5-9-16)18-10-6-7-14-21-18/h3-12,14,17H,13,15H2,1-2H3/p+1. The van der Waals surface area contributed by atoms with Crippen LogP contribution >= 0.6 is 0 Å². The summed E-state index contributed by atoms with van der Waals surface area (Å²) in [6.07, 6.45) is 4.16. The molecular formula is C20H23N2O4+. The minimum absolute atomic E-state index is 0.0149. The molecule has 0 saturated heterocycles. The molecule has 0 saturated carbocycles. The predicted molar refractivity (Wildman–Crippen MR) is 97.0 cm³/mol. The summed E-state index contributed by atoms with van der Waals surface area (Å²) in [7, 11) is 3.51. The number of carboxylic acid groups (broad SMARTS) is 1. The number of carboxylic acids is 1. The van der Waals surface area contributed by atoms with Crippen molar-refractivity contribution in [1.29, 1.82) is 0 Å². The van der Waals surface area contributed by atoms with E-state index in [1.54, 1.807) is 20.3 Å². The predicted octanol–water partition coefficient (Wildman–Crippen LogP) is 2.78. The molecular weight excluding hydrogens is 332 g/mol. The highest BCUT2D eigenvalue weighted by Crippen LogP contribution is 2.27. The van der Waals surface area contributed by atoms with Gasteiger partial charge in [-0.25, -0.2) is 9.59 Å². The summed E-state index contributed by atoms with van der Waals surface area (Å²) in [6.45, 7) is 0.544. The number of carbonyl (C=O) groups is 2. The highest BCUT2D eigenvalue weighted by atomic mass is 16.7. The van der Waals surface area contributed by atoms with E-state index in [4.69, 9.17) is 9.94 Å². The van der Waals surface area contributed by atoms with E-state index in [0.717, 1.165) is 23.4 Å². The number of benzene rings is 1. The largest absolute Gasteiger partial charge is 0.478 e. The monoisotopic (exact) mass is 355 g/mol. The molecule has 2 rings (SSSR count). The highest BCUT2D eigenvalue weighted by molar-refractivity contribution is 5.90. The lowest BCUT2D eigenvalue weighted by atomic mass is 9.92. The second kappa shape index (κ2) is 8.92. The number of hydroxylamine groups is 3. The molecule has 136 valence electrons. The van der Waals surface area contributed by atoms with Crippen LogP contribution in [0.25, 0.3) is 0 Å². The summed E-state index contributed by atoms with van der Waals surface area (Å²) >= 11 is 0. The molecule has 0 radical (unpaired) electrons. The quantitative estimate of drug-likeness (QED) is 0.448. The summed E-state index contributed by atoms with van der Waals surface area (Å²) in [6, 6.07) is 15.9. The lowest BCUT2D eigenvalue weighted by molar-refractivity contribution is -1.06. The summed E-state index contributed by atoms with van der Waals surface area (Å²) < 4.78 is -0.0149. The first kappa shape index (κ1) is 19.3. The number of aromatic nitrogens is 1. The average molecular weight is 355 g/mol. The zero-order valence-electron chi connectivity index (χ0n) is 14.9. The lowest BCUT2D eigenvalue weighted by Crippen LogP contribution is -2.42. The summed E-state index contributed by atoms with van der Waals surface area (Å²) in [4.78, 5) is 32.1. The van der Waals surface area contributed by atoms with Crippen LogP contribution < -0.4 is 0 Å². The highest BCUT2D eigenvalue weighted by Gasteiger charge is 2.25. The van der Waals surface area contributed by atoms with Gasteiger partial charge in [-0.2, -0.15) is 0 Å². The Morgan fingerprint density at radius 1 is 1.12 bits per heavy atom. The Hall–Kier alpha value is -2.99. The van der Waals surface area contributed by atoms with Gasteiger partial charge in [0.1, 0.15) is 20.6 Å². The van der Waals surface area contributed by atoms with E-state index in [1.807, 2.05) is 36.4 Å². The number of pyridine rings is 1. The van der Waals surface area contributed by atoms with Gasteiger partial charge in [0.2, 0.25) is 0 Å². The van der Waals surface area contributed by atoms with Crippen molar-refractivity contribution in [2.24, 2.45) is 0 Å². The molecule has 1 atom stereocenters. The van der Waals surface area contributed by atoms with Crippen molar-refractivity contribution >= 4 is 11.9 Å². The van der Waals surface area contributed by atoms with Crippen molar-refractivity contribution in [1.82, 2.24) is 4.98 Å². The van der Waals surface area contributed by atoms with Gasteiger partial charge in [-0.15, -0.1) is 4.65 Å². The van der Waals surface area contributed by atoms with Gasteiger partial charge in [0.15, 0.2) is 0 Å². The average Bonchev–Trinajstić information content (AvgIpc) is 2.61. The Bertz CT molecular complexity index is 718. The van der Waals surface area contributed by atoms with Gasteiger partial charge in [-0.3, -0.25) is 9.82 Å². The van der Waals surface area contributed by atoms with E-state index < -0.39 is 11.9 Å². The maximum Gasteiger partial charge on any atom is 0.390 e. The summed E-state index contributed by atoms with van der Waals surface area (Å²) in [5.74, 6) is -1.80. The van der Waals surface area contributed by atoms with Crippen LogP contribution in [0.2, 0.25) is 0 Å². The summed E-state index contributed by atoms with van der Waals surface area (Å²) in [5, 5.41) is 8.58. The Labute approximate surface area is 152 Å². The van der Waals surface area contributed by atoms with Gasteiger partial charge in [0.25, 0.3) is 0 Å². The van der Waals surface area contributed by atoms with E-state index in [1.165, 1.54) is 0 Å². The molecule has 0 aliphatic rings. The first-order chi connectivity index (χ1) is 12.4. The van der Waals surface area contributed by atoms with Crippen molar-refractivity contribution in [3.05, 3.63) is 78.1 Å². The second-order valence-corrected chi connectivity index (χ2v) is 6.39. The van der Waals surface area contributed by atoms with Crippen LogP contribution in [0.15, 0.2) is 66.9 Å². The molecule has 0 aliphatic carbocycles. The number of hydrogen-bond donors (Lipinski definition) is 1. The molecule has 26 heavy (non-hydrogen) atoms. The molecule has 1 heterocycles.